The van der Waals surface area contributed by atoms with Crippen molar-refractivity contribution in [1.82, 2.24) is 10.3 Å². The minimum Gasteiger partial charge on any atom is -0.309 e. The zero-order valence-corrected chi connectivity index (χ0v) is 13.2. The fourth-order valence-electron chi connectivity index (χ4n) is 3.00. The first-order chi connectivity index (χ1) is 9.79. The second kappa shape index (κ2) is 6.25. The Kier molecular flexibility index (Phi) is 4.39. The zero-order valence-electron chi connectivity index (χ0n) is 11.6. The van der Waals surface area contributed by atoms with Crippen molar-refractivity contribution in [3.63, 3.8) is 0 Å². The smallest absolute Gasteiger partial charge is 0.0931 e. The Balaban J connectivity index is 1.90. The first-order valence-electron chi connectivity index (χ1n) is 7.22. The van der Waals surface area contributed by atoms with E-state index in [9.17, 15) is 0 Å². The summed E-state index contributed by atoms with van der Waals surface area (Å²) in [5, 5.41) is 3.69. The van der Waals surface area contributed by atoms with Gasteiger partial charge in [0.05, 0.1) is 4.34 Å². The van der Waals surface area contributed by atoms with E-state index >= 15 is 0 Å². The second-order valence-electron chi connectivity index (χ2n) is 5.27. The van der Waals surface area contributed by atoms with Crippen LogP contribution in [-0.4, -0.2) is 11.5 Å². The number of pyridine rings is 1. The first-order valence-corrected chi connectivity index (χ1v) is 8.41. The molecular formula is C16H19ClN2S. The Bertz CT molecular complexity index is 581. The Morgan fingerprint density at radius 1 is 1.45 bits per heavy atom. The molecule has 2 aromatic heterocycles. The Morgan fingerprint density at radius 3 is 3.10 bits per heavy atom. The quantitative estimate of drug-likeness (QED) is 0.875. The molecule has 3 rings (SSSR count). The largest absolute Gasteiger partial charge is 0.309 e. The van der Waals surface area contributed by atoms with Crippen molar-refractivity contribution >= 4 is 22.9 Å². The molecule has 0 fully saturated rings. The van der Waals surface area contributed by atoms with Gasteiger partial charge in [-0.15, -0.1) is 11.3 Å². The molecule has 0 aliphatic heterocycles. The number of fused-ring (bicyclic) bond motifs is 1. The molecule has 0 amide bonds. The van der Waals surface area contributed by atoms with Crippen LogP contribution in [0.25, 0.3) is 0 Å². The number of aromatic nitrogens is 1. The standard InChI is InChI=1S/C16H19ClN2S/c1-2-9-18-16(13-7-8-14(17)20-13)12-6-5-11-4-3-10-19-15(11)12/h3-4,7-8,10,12,16,18H,2,5-6,9H2,1H3. The number of rotatable bonds is 5. The lowest BCUT2D eigenvalue weighted by molar-refractivity contribution is 0.443. The molecule has 0 spiro atoms. The molecule has 0 saturated carbocycles. The number of hydrogen-bond acceptors (Lipinski definition) is 3. The van der Waals surface area contributed by atoms with E-state index in [2.05, 4.69) is 29.4 Å². The highest BCUT2D eigenvalue weighted by atomic mass is 35.5. The highest BCUT2D eigenvalue weighted by Crippen LogP contribution is 2.42. The van der Waals surface area contributed by atoms with Crippen LogP contribution in [0.5, 0.6) is 0 Å². The van der Waals surface area contributed by atoms with E-state index in [1.54, 1.807) is 11.3 Å². The lowest BCUT2D eigenvalue weighted by Crippen LogP contribution is -2.26. The molecule has 0 bridgehead atoms. The van der Waals surface area contributed by atoms with Crippen molar-refractivity contribution in [2.75, 3.05) is 6.54 Å². The number of nitrogens with one attached hydrogen (secondary N) is 1. The van der Waals surface area contributed by atoms with Crippen LogP contribution in [0.4, 0.5) is 0 Å². The van der Waals surface area contributed by atoms with Crippen molar-refractivity contribution in [1.29, 1.82) is 0 Å². The van der Waals surface area contributed by atoms with E-state index < -0.39 is 0 Å². The Morgan fingerprint density at radius 2 is 2.35 bits per heavy atom. The molecule has 2 heterocycles. The fourth-order valence-corrected chi connectivity index (χ4v) is 4.21. The third kappa shape index (κ3) is 2.76. The summed E-state index contributed by atoms with van der Waals surface area (Å²) >= 11 is 7.80. The van der Waals surface area contributed by atoms with Crippen molar-refractivity contribution in [2.45, 2.75) is 38.1 Å². The summed E-state index contributed by atoms with van der Waals surface area (Å²) in [6, 6.07) is 8.74. The molecule has 0 aromatic carbocycles. The van der Waals surface area contributed by atoms with Crippen LogP contribution in [0.15, 0.2) is 30.5 Å². The van der Waals surface area contributed by atoms with Crippen molar-refractivity contribution in [3.05, 3.63) is 50.9 Å². The monoisotopic (exact) mass is 306 g/mol. The van der Waals surface area contributed by atoms with Crippen LogP contribution in [0, 0.1) is 0 Å². The van der Waals surface area contributed by atoms with Gasteiger partial charge in [-0.05, 0) is 49.6 Å². The third-order valence-corrected chi connectivity index (χ3v) is 5.23. The molecule has 1 aliphatic rings. The van der Waals surface area contributed by atoms with Crippen molar-refractivity contribution in [3.8, 4) is 0 Å². The number of thiophene rings is 1. The molecule has 0 saturated heterocycles. The van der Waals surface area contributed by atoms with E-state index in [1.807, 2.05) is 18.3 Å². The predicted octanol–water partition coefficient (Wildman–Crippen LogP) is 4.57. The van der Waals surface area contributed by atoms with Crippen LogP contribution in [0.2, 0.25) is 4.34 Å². The molecule has 0 radical (unpaired) electrons. The van der Waals surface area contributed by atoms with Gasteiger partial charge in [0.2, 0.25) is 0 Å². The van der Waals surface area contributed by atoms with E-state index in [0.717, 1.165) is 23.7 Å². The minimum atomic E-state index is 0.337. The maximum Gasteiger partial charge on any atom is 0.0931 e. The number of halogens is 1. The summed E-state index contributed by atoms with van der Waals surface area (Å²) < 4.78 is 0.863. The maximum absolute atomic E-state index is 6.12. The van der Waals surface area contributed by atoms with E-state index in [-0.39, 0.29) is 0 Å². The zero-order chi connectivity index (χ0) is 13.9. The molecule has 1 aliphatic carbocycles. The topological polar surface area (TPSA) is 24.9 Å². The van der Waals surface area contributed by atoms with Crippen molar-refractivity contribution < 1.29 is 0 Å². The molecule has 4 heteroatoms. The van der Waals surface area contributed by atoms with E-state index in [4.69, 9.17) is 11.6 Å². The van der Waals surface area contributed by atoms with E-state index in [0.29, 0.717) is 12.0 Å². The van der Waals surface area contributed by atoms with Gasteiger partial charge in [-0.1, -0.05) is 24.6 Å². The fraction of sp³-hybridized carbons (Fsp3) is 0.438. The molecule has 20 heavy (non-hydrogen) atoms. The molecule has 2 nitrogen and oxygen atoms in total. The molecule has 1 N–H and O–H groups in total. The summed E-state index contributed by atoms with van der Waals surface area (Å²) in [6.45, 7) is 3.23. The van der Waals surface area contributed by atoms with E-state index in [1.165, 1.54) is 22.6 Å². The normalized spacial score (nSPS) is 19.0. The third-order valence-electron chi connectivity index (χ3n) is 3.92. The average Bonchev–Trinajstić information content (AvgIpc) is 3.07. The van der Waals surface area contributed by atoms with Gasteiger partial charge in [0.25, 0.3) is 0 Å². The number of aryl methyl sites for hydroxylation is 1. The summed E-state index contributed by atoms with van der Waals surface area (Å²) in [5.41, 5.74) is 2.68. The first kappa shape index (κ1) is 14.1. The number of nitrogens with zero attached hydrogens (tertiary/aromatic N) is 1. The van der Waals surface area contributed by atoms with Gasteiger partial charge < -0.3 is 5.32 Å². The maximum atomic E-state index is 6.12. The van der Waals surface area contributed by atoms with Gasteiger partial charge in [0.15, 0.2) is 0 Å². The predicted molar refractivity (Wildman–Crippen MR) is 85.7 cm³/mol. The van der Waals surface area contributed by atoms with Crippen LogP contribution in [0.3, 0.4) is 0 Å². The lowest BCUT2D eigenvalue weighted by atomic mass is 9.95. The summed E-state index contributed by atoms with van der Waals surface area (Å²) in [6.07, 6.45) is 5.35. The van der Waals surface area contributed by atoms with Crippen LogP contribution in [0.1, 0.15) is 47.9 Å². The van der Waals surface area contributed by atoms with Crippen molar-refractivity contribution in [2.24, 2.45) is 0 Å². The molecule has 2 atom stereocenters. The summed E-state index contributed by atoms with van der Waals surface area (Å²) in [5.74, 6) is 0.465. The van der Waals surface area contributed by atoms with Gasteiger partial charge in [0, 0.05) is 28.7 Å². The van der Waals surface area contributed by atoms with Gasteiger partial charge in [0.1, 0.15) is 0 Å². The Labute approximate surface area is 129 Å². The highest BCUT2D eigenvalue weighted by Gasteiger charge is 2.32. The van der Waals surface area contributed by atoms with Gasteiger partial charge in [-0.2, -0.15) is 0 Å². The highest BCUT2D eigenvalue weighted by molar-refractivity contribution is 7.16. The SMILES string of the molecule is CCCNC(c1ccc(Cl)s1)C1CCc2cccnc21. The van der Waals surface area contributed by atoms with Gasteiger partial charge in [-0.25, -0.2) is 0 Å². The minimum absolute atomic E-state index is 0.337. The molecule has 2 aromatic rings. The average molecular weight is 307 g/mol. The Hall–Kier alpha value is -0.900. The number of hydrogen-bond donors (Lipinski definition) is 1. The lowest BCUT2D eigenvalue weighted by Gasteiger charge is -2.24. The van der Waals surface area contributed by atoms with Crippen LogP contribution >= 0.6 is 22.9 Å². The van der Waals surface area contributed by atoms with Crippen LogP contribution in [-0.2, 0) is 6.42 Å². The second-order valence-corrected chi connectivity index (χ2v) is 7.01. The van der Waals surface area contributed by atoms with Gasteiger partial charge >= 0.3 is 0 Å². The summed E-state index contributed by atoms with van der Waals surface area (Å²) in [4.78, 5) is 5.96. The molecular weight excluding hydrogens is 288 g/mol. The summed E-state index contributed by atoms with van der Waals surface area (Å²) in [7, 11) is 0. The molecule has 106 valence electrons. The molecule has 2 unspecified atom stereocenters. The van der Waals surface area contributed by atoms with Gasteiger partial charge in [-0.3, -0.25) is 4.98 Å². The van der Waals surface area contributed by atoms with Crippen LogP contribution < -0.4 is 5.32 Å².